The van der Waals surface area contributed by atoms with Crippen LogP contribution in [0.4, 0.5) is 52.7 Å². The SMILES string of the molecule is CS(C)=O.CS(C)=O.CS(C)=O.CS(C)=O.CS(C)=O.CS(C)=O.O=S(=O)([N-]S(=O)(=O)C(F)(F)F)C(F)(F)F.O=S(=O)([N-]S(=O)(=O)C(F)(F)F)C(F)(F)F.[Ni+2]. The zero-order valence-electron chi connectivity index (χ0n) is 29.5. The van der Waals surface area contributed by atoms with Crippen LogP contribution in [0.1, 0.15) is 0 Å². The first-order valence-electron chi connectivity index (χ1n) is 11.0. The smallest absolute Gasteiger partial charge is 0.421 e. The number of rotatable bonds is 4. The summed E-state index contributed by atoms with van der Waals surface area (Å²) in [6, 6.07) is 0. The van der Waals surface area contributed by atoms with Crippen LogP contribution in [0.5, 0.6) is 0 Å². The third kappa shape index (κ3) is 63.6. The van der Waals surface area contributed by atoms with E-state index in [1.54, 1.807) is 75.1 Å². The molecule has 39 heteroatoms. The molecule has 0 unspecified atom stereocenters. The van der Waals surface area contributed by atoms with Crippen molar-refractivity contribution in [2.45, 2.75) is 22.0 Å². The van der Waals surface area contributed by atoms with Crippen molar-refractivity contribution < 1.29 is 128 Å². The second kappa shape index (κ2) is 33.0. The second-order valence-electron chi connectivity index (χ2n) is 8.28. The van der Waals surface area contributed by atoms with E-state index in [1.165, 1.54) is 0 Å². The average molecular weight is 1090 g/mol. The van der Waals surface area contributed by atoms with Gasteiger partial charge in [0.15, 0.2) is 40.1 Å². The fourth-order valence-electron chi connectivity index (χ4n) is 0.427. The van der Waals surface area contributed by atoms with Crippen molar-refractivity contribution in [3.63, 3.8) is 0 Å². The van der Waals surface area contributed by atoms with Gasteiger partial charge in [0.05, 0.1) is 0 Å². The first kappa shape index (κ1) is 76.0. The van der Waals surface area contributed by atoms with Crippen LogP contribution in [0.3, 0.4) is 0 Å². The van der Waals surface area contributed by atoms with Crippen LogP contribution in [0.15, 0.2) is 0 Å². The molecule has 0 aromatic carbocycles. The van der Waals surface area contributed by atoms with Gasteiger partial charge in [0.25, 0.3) is 0 Å². The molecule has 0 fully saturated rings. The summed E-state index contributed by atoms with van der Waals surface area (Å²) in [5.74, 6) is 0. The molecule has 0 saturated heterocycles. The molecule has 0 N–H and O–H groups in total. The molecule has 55 heavy (non-hydrogen) atoms. The Morgan fingerprint density at radius 3 is 0.382 bits per heavy atom. The minimum Gasteiger partial charge on any atom is -0.421 e. The van der Waals surface area contributed by atoms with Gasteiger partial charge < -0.3 is 8.25 Å². The van der Waals surface area contributed by atoms with Gasteiger partial charge in [-0.05, 0) is 0 Å². The maximum absolute atomic E-state index is 11.4. The molecule has 348 valence electrons. The zero-order chi connectivity index (χ0) is 46.9. The Morgan fingerprint density at radius 2 is 0.345 bits per heavy atom. The van der Waals surface area contributed by atoms with E-state index in [2.05, 4.69) is 0 Å². The van der Waals surface area contributed by atoms with Crippen LogP contribution in [0, 0.1) is 0 Å². The van der Waals surface area contributed by atoms with Crippen molar-refractivity contribution >= 4 is 105 Å². The van der Waals surface area contributed by atoms with Gasteiger partial charge in [0.1, 0.15) is 0 Å². The summed E-state index contributed by atoms with van der Waals surface area (Å²) in [7, 11) is -30.6. The van der Waals surface area contributed by atoms with E-state index < -0.39 is 127 Å². The second-order valence-corrected chi connectivity index (χ2v) is 24.0. The maximum atomic E-state index is 11.4. The molecule has 0 bridgehead atoms. The molecule has 0 amide bonds. The minimum atomic E-state index is -6.72. The van der Waals surface area contributed by atoms with Crippen LogP contribution in [0.2, 0.25) is 0 Å². The summed E-state index contributed by atoms with van der Waals surface area (Å²) in [6.07, 6.45) is 19.7. The molecular weight excluding hydrogens is 1050 g/mol. The van der Waals surface area contributed by atoms with Crippen LogP contribution >= 0.6 is 0 Å². The molecule has 0 aromatic heterocycles. The number of sulfonamides is 4. The van der Waals surface area contributed by atoms with E-state index in [0.29, 0.717) is 0 Å². The Hall–Kier alpha value is 0.274. The fourth-order valence-corrected chi connectivity index (χ4v) is 3.85. The van der Waals surface area contributed by atoms with Gasteiger partial charge in [-0.25, -0.2) is 33.7 Å². The van der Waals surface area contributed by atoms with Gasteiger partial charge in [-0.2, -0.15) is 52.7 Å². The van der Waals surface area contributed by atoms with Gasteiger partial charge in [0.2, 0.25) is 0 Å². The molecule has 0 aliphatic rings. The van der Waals surface area contributed by atoms with Crippen molar-refractivity contribution in [3.05, 3.63) is 8.25 Å². The Labute approximate surface area is 336 Å². The van der Waals surface area contributed by atoms with Crippen molar-refractivity contribution in [2.24, 2.45) is 0 Å². The molecular formula is C16H36F12N2NiO14S10. The predicted octanol–water partition coefficient (Wildman–Crippen LogP) is 2.08. The van der Waals surface area contributed by atoms with E-state index in [9.17, 15) is 112 Å². The summed E-state index contributed by atoms with van der Waals surface area (Å²) in [5, 5.41) is 0. The third-order valence-electron chi connectivity index (χ3n) is 1.56. The van der Waals surface area contributed by atoms with Crippen LogP contribution in [0.25, 0.3) is 8.25 Å². The number of alkyl halides is 12. The minimum absolute atomic E-state index is 0. The van der Waals surface area contributed by atoms with Gasteiger partial charge in [-0.3, -0.25) is 25.3 Å². The van der Waals surface area contributed by atoms with E-state index >= 15 is 0 Å². The standard InChI is InChI=1S/2C2F6NO4S2.6C2H6OS.Ni/c2*3-1(4,5)14(10,11)9-15(12,13)2(6,7)8;6*1-4(2)3;/h;;6*1-2H3;/q2*-1;;;;;;;+2. The van der Waals surface area contributed by atoms with Gasteiger partial charge >= 0.3 is 38.5 Å². The van der Waals surface area contributed by atoms with Crippen molar-refractivity contribution in [1.29, 1.82) is 0 Å². The molecule has 0 spiro atoms. The Kier molecular flexibility index (Phi) is 45.7. The summed E-state index contributed by atoms with van der Waals surface area (Å²) < 4.78 is 276. The summed E-state index contributed by atoms with van der Waals surface area (Å²) in [6.45, 7) is 0. The number of hydrogen-bond acceptors (Lipinski definition) is 14. The zero-order valence-corrected chi connectivity index (χ0v) is 38.7. The molecule has 0 aliphatic heterocycles. The first-order valence-corrected chi connectivity index (χ1v) is 28.6. The number of hydrogen-bond donors (Lipinski definition) is 0. The Bertz CT molecular complexity index is 1360. The predicted molar refractivity (Wildman–Crippen MR) is 187 cm³/mol. The van der Waals surface area contributed by atoms with E-state index in [4.69, 9.17) is 0 Å². The van der Waals surface area contributed by atoms with Crippen molar-refractivity contribution in [2.75, 3.05) is 75.1 Å². The summed E-state index contributed by atoms with van der Waals surface area (Å²) in [4.78, 5) is 0. The van der Waals surface area contributed by atoms with Gasteiger partial charge in [0, 0.05) is 140 Å². The van der Waals surface area contributed by atoms with Gasteiger partial charge in [-0.1, -0.05) is 0 Å². The Balaban J connectivity index is -0.0000000692. The van der Waals surface area contributed by atoms with E-state index in [0.717, 1.165) is 8.25 Å². The first-order chi connectivity index (χ1) is 22.8. The molecule has 0 heterocycles. The molecule has 0 radical (unpaired) electrons. The molecule has 0 atom stereocenters. The maximum Gasteiger partial charge on any atom is 2.00 e. The molecule has 16 nitrogen and oxygen atoms in total. The van der Waals surface area contributed by atoms with Crippen LogP contribution < -0.4 is 0 Å². The van der Waals surface area contributed by atoms with Crippen LogP contribution in [-0.2, 0) is 121 Å². The molecule has 0 saturated carbocycles. The summed E-state index contributed by atoms with van der Waals surface area (Å²) >= 11 is 0. The largest absolute Gasteiger partial charge is 2.00 e. The summed E-state index contributed by atoms with van der Waals surface area (Å²) in [5.41, 5.74) is -24.8. The number of halogens is 12. The molecule has 0 rings (SSSR count). The number of nitrogens with zero attached hydrogens (tertiary/aromatic N) is 2. The third-order valence-corrected chi connectivity index (χ3v) is 7.04. The molecule has 0 aromatic rings. The van der Waals surface area contributed by atoms with Gasteiger partial charge in [-0.15, -0.1) is 0 Å². The quantitative estimate of drug-likeness (QED) is 0.288. The topological polar surface area (TPSA) is 267 Å². The van der Waals surface area contributed by atoms with E-state index in [1.807, 2.05) is 0 Å². The Morgan fingerprint density at radius 1 is 0.291 bits per heavy atom. The van der Waals surface area contributed by atoms with Crippen LogP contribution in [-0.4, -0.2) is 156 Å². The monoisotopic (exact) mass is 1090 g/mol. The normalized spacial score (nSPS) is 12.2. The fraction of sp³-hybridized carbons (Fsp3) is 1.00. The molecule has 0 aliphatic carbocycles. The van der Waals surface area contributed by atoms with E-state index in [-0.39, 0.29) is 16.5 Å². The average Bonchev–Trinajstić information content (AvgIpc) is 2.72. The van der Waals surface area contributed by atoms with Crippen molar-refractivity contribution in [1.82, 2.24) is 0 Å². The van der Waals surface area contributed by atoms with Crippen molar-refractivity contribution in [3.8, 4) is 0 Å².